The third-order valence-corrected chi connectivity index (χ3v) is 3.62. The largest absolute Gasteiger partial charge is 0.357 e. The van der Waals surface area contributed by atoms with Crippen molar-refractivity contribution in [2.75, 3.05) is 12.4 Å². The number of rotatable bonds is 4. The summed E-state index contributed by atoms with van der Waals surface area (Å²) in [6.07, 6.45) is 1.60. The van der Waals surface area contributed by atoms with Crippen LogP contribution < -0.4 is 5.32 Å². The Bertz CT molecular complexity index is 606. The molecule has 1 N–H and O–H groups in total. The number of anilines is 1. The van der Waals surface area contributed by atoms with Gasteiger partial charge in [0, 0.05) is 23.8 Å². The highest BCUT2D eigenvalue weighted by molar-refractivity contribution is 9.09. The molecule has 19 heavy (non-hydrogen) atoms. The maximum Gasteiger partial charge on any atom is 0.222 e. The van der Waals surface area contributed by atoms with Gasteiger partial charge >= 0.3 is 0 Å². The molecule has 0 spiro atoms. The van der Waals surface area contributed by atoms with Crippen molar-refractivity contribution in [3.63, 3.8) is 0 Å². The fraction of sp³-hybridized carbons (Fsp3) is 0.154. The molecule has 0 saturated heterocycles. The zero-order valence-electron chi connectivity index (χ0n) is 10.1. The van der Waals surface area contributed by atoms with E-state index in [0.717, 1.165) is 0 Å². The Morgan fingerprint density at radius 1 is 1.42 bits per heavy atom. The van der Waals surface area contributed by atoms with E-state index in [1.54, 1.807) is 43.6 Å². The zero-order valence-corrected chi connectivity index (χ0v) is 12.4. The Kier molecular flexibility index (Phi) is 4.50. The number of ketones is 1. The Morgan fingerprint density at radius 2 is 2.21 bits per heavy atom. The average molecular weight is 341 g/mol. The predicted octanol–water partition coefficient (Wildman–Crippen LogP) is 3.49. The van der Waals surface area contributed by atoms with Gasteiger partial charge in [0.25, 0.3) is 0 Å². The maximum atomic E-state index is 12.3. The third-order valence-electron chi connectivity index (χ3n) is 2.50. The van der Waals surface area contributed by atoms with Crippen LogP contribution >= 0.6 is 27.5 Å². The molecule has 1 aromatic carbocycles. The van der Waals surface area contributed by atoms with E-state index in [4.69, 9.17) is 11.6 Å². The van der Waals surface area contributed by atoms with Gasteiger partial charge in [0.15, 0.2) is 5.78 Å². The first-order valence-electron chi connectivity index (χ1n) is 5.56. The lowest BCUT2D eigenvalue weighted by Crippen LogP contribution is -2.10. The molecule has 0 bridgehead atoms. The van der Waals surface area contributed by atoms with E-state index in [2.05, 4.69) is 31.2 Å². The van der Waals surface area contributed by atoms with Gasteiger partial charge in [0.2, 0.25) is 5.95 Å². The zero-order chi connectivity index (χ0) is 13.8. The molecule has 1 heterocycles. The molecule has 98 valence electrons. The van der Waals surface area contributed by atoms with E-state index >= 15 is 0 Å². The molecule has 0 amide bonds. The molecule has 2 rings (SSSR count). The topological polar surface area (TPSA) is 54.9 Å². The fourth-order valence-electron chi connectivity index (χ4n) is 1.56. The van der Waals surface area contributed by atoms with E-state index in [9.17, 15) is 4.79 Å². The lowest BCUT2D eigenvalue weighted by atomic mass is 10.1. The van der Waals surface area contributed by atoms with E-state index < -0.39 is 4.83 Å². The molecular formula is C13H11BrClN3O. The highest BCUT2D eigenvalue weighted by atomic mass is 79.9. The van der Waals surface area contributed by atoms with Crippen LogP contribution in [0.2, 0.25) is 5.02 Å². The fourth-order valence-corrected chi connectivity index (χ4v) is 2.27. The van der Waals surface area contributed by atoms with Crippen LogP contribution in [0.15, 0.2) is 36.5 Å². The van der Waals surface area contributed by atoms with Crippen molar-refractivity contribution in [2.45, 2.75) is 4.83 Å². The first kappa shape index (κ1) is 14.0. The summed E-state index contributed by atoms with van der Waals surface area (Å²) >= 11 is 9.25. The lowest BCUT2D eigenvalue weighted by molar-refractivity contribution is 0.0990. The predicted molar refractivity (Wildman–Crippen MR) is 79.0 cm³/mol. The Balaban J connectivity index is 2.28. The van der Waals surface area contributed by atoms with Gasteiger partial charge in [-0.2, -0.15) is 0 Å². The van der Waals surface area contributed by atoms with Crippen molar-refractivity contribution in [3.8, 4) is 0 Å². The number of benzene rings is 1. The second kappa shape index (κ2) is 6.12. The number of hydrogen-bond acceptors (Lipinski definition) is 4. The summed E-state index contributed by atoms with van der Waals surface area (Å²) in [5, 5.41) is 3.37. The normalized spacial score (nSPS) is 11.9. The smallest absolute Gasteiger partial charge is 0.222 e. The van der Waals surface area contributed by atoms with E-state index in [1.165, 1.54) is 0 Å². The third kappa shape index (κ3) is 3.30. The van der Waals surface area contributed by atoms with Crippen LogP contribution in [0.1, 0.15) is 20.9 Å². The summed E-state index contributed by atoms with van der Waals surface area (Å²) in [7, 11) is 1.72. The summed E-state index contributed by atoms with van der Waals surface area (Å²) in [6.45, 7) is 0. The van der Waals surface area contributed by atoms with Crippen molar-refractivity contribution in [1.82, 2.24) is 9.97 Å². The summed E-state index contributed by atoms with van der Waals surface area (Å²) in [4.78, 5) is 20.0. The van der Waals surface area contributed by atoms with Crippen molar-refractivity contribution in [1.29, 1.82) is 0 Å². The molecule has 0 saturated carbocycles. The van der Waals surface area contributed by atoms with Crippen LogP contribution in [0.3, 0.4) is 0 Å². The number of nitrogens with zero attached hydrogens (tertiary/aromatic N) is 2. The van der Waals surface area contributed by atoms with Gasteiger partial charge in [-0.1, -0.05) is 39.7 Å². The van der Waals surface area contributed by atoms with Crippen LogP contribution in [-0.2, 0) is 0 Å². The first-order chi connectivity index (χ1) is 9.11. The molecule has 0 aliphatic carbocycles. The minimum absolute atomic E-state index is 0.0942. The first-order valence-corrected chi connectivity index (χ1v) is 6.85. The molecule has 2 aromatic rings. The molecule has 1 unspecified atom stereocenters. The van der Waals surface area contributed by atoms with Gasteiger partial charge in [0.05, 0.1) is 5.69 Å². The lowest BCUT2D eigenvalue weighted by Gasteiger charge is -2.09. The van der Waals surface area contributed by atoms with E-state index in [1.807, 2.05) is 0 Å². The summed E-state index contributed by atoms with van der Waals surface area (Å²) < 4.78 is 0. The monoisotopic (exact) mass is 339 g/mol. The highest BCUT2D eigenvalue weighted by Crippen LogP contribution is 2.26. The van der Waals surface area contributed by atoms with Crippen LogP contribution in [0, 0.1) is 0 Å². The molecule has 1 aromatic heterocycles. The number of carbonyl (C=O) groups is 1. The summed E-state index contributed by atoms with van der Waals surface area (Å²) in [5.74, 6) is 0.379. The second-order valence-corrected chi connectivity index (χ2v) is 5.14. The molecule has 0 radical (unpaired) electrons. The van der Waals surface area contributed by atoms with E-state index in [0.29, 0.717) is 22.2 Å². The maximum absolute atomic E-state index is 12.3. The van der Waals surface area contributed by atoms with Crippen molar-refractivity contribution in [2.24, 2.45) is 0 Å². The number of halogens is 2. The highest BCUT2D eigenvalue weighted by Gasteiger charge is 2.20. The van der Waals surface area contributed by atoms with Crippen molar-refractivity contribution in [3.05, 3.63) is 52.8 Å². The second-order valence-electron chi connectivity index (χ2n) is 3.79. The van der Waals surface area contributed by atoms with Gasteiger partial charge in [0.1, 0.15) is 4.83 Å². The Morgan fingerprint density at radius 3 is 2.89 bits per heavy atom. The Hall–Kier alpha value is -1.46. The van der Waals surface area contributed by atoms with Gasteiger partial charge in [-0.05, 0) is 18.2 Å². The van der Waals surface area contributed by atoms with Crippen LogP contribution in [0.5, 0.6) is 0 Å². The minimum Gasteiger partial charge on any atom is -0.357 e. The summed E-state index contributed by atoms with van der Waals surface area (Å²) in [6, 6.07) is 8.53. The molecule has 6 heteroatoms. The van der Waals surface area contributed by atoms with Crippen LogP contribution in [-0.4, -0.2) is 22.8 Å². The van der Waals surface area contributed by atoms with Crippen LogP contribution in [0.25, 0.3) is 0 Å². The molecule has 0 aliphatic heterocycles. The quantitative estimate of drug-likeness (QED) is 0.684. The number of hydrogen-bond donors (Lipinski definition) is 1. The number of Topliss-reactive ketones (excluding diaryl/α,β-unsaturated/α-hetero) is 1. The van der Waals surface area contributed by atoms with Crippen LogP contribution in [0.4, 0.5) is 5.95 Å². The number of carbonyl (C=O) groups excluding carboxylic acids is 1. The Labute approximate surface area is 124 Å². The van der Waals surface area contributed by atoms with Gasteiger partial charge in [-0.3, -0.25) is 4.79 Å². The standard InChI is InChI=1S/C13H11BrClN3O/c1-16-13-17-6-5-10(18-13)11(14)12(19)8-3-2-4-9(15)7-8/h2-7,11H,1H3,(H,16,17,18). The molecule has 4 nitrogen and oxygen atoms in total. The molecule has 0 aliphatic rings. The minimum atomic E-state index is -0.527. The van der Waals surface area contributed by atoms with Gasteiger partial charge in [-0.25, -0.2) is 9.97 Å². The van der Waals surface area contributed by atoms with Gasteiger partial charge < -0.3 is 5.32 Å². The van der Waals surface area contributed by atoms with E-state index in [-0.39, 0.29) is 5.78 Å². The number of nitrogens with one attached hydrogen (secondary N) is 1. The van der Waals surface area contributed by atoms with Gasteiger partial charge in [-0.15, -0.1) is 0 Å². The number of aromatic nitrogens is 2. The number of alkyl halides is 1. The SMILES string of the molecule is CNc1nccc(C(Br)C(=O)c2cccc(Cl)c2)n1. The average Bonchev–Trinajstić information content (AvgIpc) is 2.45. The molecular weight excluding hydrogens is 330 g/mol. The molecule has 0 fully saturated rings. The molecule has 1 atom stereocenters. The van der Waals surface area contributed by atoms with Crippen molar-refractivity contribution >= 4 is 39.3 Å². The summed E-state index contributed by atoms with van der Waals surface area (Å²) in [5.41, 5.74) is 1.14. The van der Waals surface area contributed by atoms with Crippen molar-refractivity contribution < 1.29 is 4.79 Å².